The van der Waals surface area contributed by atoms with Gasteiger partial charge < -0.3 is 5.73 Å². The molecule has 1 amide bonds. The first kappa shape index (κ1) is 16.8. The van der Waals surface area contributed by atoms with E-state index < -0.39 is 5.91 Å². The second kappa shape index (κ2) is 6.83. The van der Waals surface area contributed by atoms with Crippen molar-refractivity contribution in [1.29, 1.82) is 0 Å². The monoisotopic (exact) mass is 400 g/mol. The lowest BCUT2D eigenvalue weighted by Crippen LogP contribution is -2.08. The number of primary amides is 1. The Kier molecular flexibility index (Phi) is 4.98. The smallest absolute Gasteiger partial charge is 0.258 e. The van der Waals surface area contributed by atoms with Gasteiger partial charge in [-0.1, -0.05) is 23.2 Å². The molecule has 2 heterocycles. The molecule has 0 bridgehead atoms. The maximum atomic E-state index is 11.4. The highest BCUT2D eigenvalue weighted by Gasteiger charge is 2.17. The van der Waals surface area contributed by atoms with Crippen LogP contribution in [0.1, 0.15) is 9.67 Å². The summed E-state index contributed by atoms with van der Waals surface area (Å²) in [6.07, 6.45) is 1.96. The fraction of sp³-hybridized carbons (Fsp3) is 0.0667. The number of carbonyl (C=O) groups excluding carboxylic acids is 1. The van der Waals surface area contributed by atoms with Gasteiger partial charge in [-0.15, -0.1) is 34.4 Å². The molecule has 0 radical (unpaired) electrons. The Morgan fingerprint density at radius 2 is 2.04 bits per heavy atom. The van der Waals surface area contributed by atoms with Crippen LogP contribution in [0.15, 0.2) is 33.9 Å². The number of nitrogens with two attached hydrogens (primary N) is 1. The van der Waals surface area contributed by atoms with Crippen molar-refractivity contribution in [2.24, 2.45) is 5.73 Å². The van der Waals surface area contributed by atoms with Gasteiger partial charge in [0.05, 0.1) is 19.8 Å². The average molecular weight is 401 g/mol. The lowest BCUT2D eigenvalue weighted by Gasteiger charge is -2.01. The molecule has 0 spiro atoms. The van der Waals surface area contributed by atoms with E-state index in [-0.39, 0.29) is 0 Å². The highest BCUT2D eigenvalue weighted by Crippen LogP contribution is 2.41. The van der Waals surface area contributed by atoms with Crippen LogP contribution in [0.3, 0.4) is 0 Å². The van der Waals surface area contributed by atoms with Gasteiger partial charge in [-0.3, -0.25) is 4.79 Å². The molecule has 3 aromatic rings. The summed E-state index contributed by atoms with van der Waals surface area (Å²) >= 11 is 16.6. The number of aromatic nitrogens is 1. The Morgan fingerprint density at radius 3 is 2.70 bits per heavy atom. The van der Waals surface area contributed by atoms with Crippen LogP contribution in [-0.4, -0.2) is 17.1 Å². The molecule has 3 rings (SSSR count). The molecular formula is C15H10Cl2N2OS3. The van der Waals surface area contributed by atoms with Crippen LogP contribution in [-0.2, 0) is 0 Å². The van der Waals surface area contributed by atoms with Crippen LogP contribution in [0.5, 0.6) is 0 Å². The van der Waals surface area contributed by atoms with E-state index in [1.54, 1.807) is 30.0 Å². The van der Waals surface area contributed by atoms with Crippen molar-refractivity contribution in [3.05, 3.63) is 44.6 Å². The summed E-state index contributed by atoms with van der Waals surface area (Å²) in [5.41, 5.74) is 7.91. The minimum Gasteiger partial charge on any atom is -0.365 e. The maximum Gasteiger partial charge on any atom is 0.258 e. The van der Waals surface area contributed by atoms with E-state index in [1.165, 1.54) is 22.7 Å². The van der Waals surface area contributed by atoms with Crippen molar-refractivity contribution in [3.8, 4) is 21.8 Å². The Hall–Kier alpha value is -1.05. The van der Waals surface area contributed by atoms with E-state index in [2.05, 4.69) is 4.98 Å². The van der Waals surface area contributed by atoms with Crippen LogP contribution in [0.4, 0.5) is 0 Å². The zero-order valence-corrected chi connectivity index (χ0v) is 15.8. The average Bonchev–Trinajstić information content (AvgIpc) is 3.13. The SMILES string of the molecule is CSc1sc(C(N)=O)cc1-c1nc(-c2ccc(Cl)cc2Cl)cs1. The van der Waals surface area contributed by atoms with Gasteiger partial charge in [-0.2, -0.15) is 0 Å². The molecule has 0 saturated heterocycles. The molecule has 0 unspecified atom stereocenters. The summed E-state index contributed by atoms with van der Waals surface area (Å²) in [6.45, 7) is 0. The number of hydrogen-bond donors (Lipinski definition) is 1. The molecule has 118 valence electrons. The summed E-state index contributed by atoms with van der Waals surface area (Å²) in [5, 5.41) is 3.92. The molecule has 0 aliphatic rings. The number of halogens is 2. The summed E-state index contributed by atoms with van der Waals surface area (Å²) in [6, 6.07) is 7.12. The first-order valence-electron chi connectivity index (χ1n) is 6.38. The van der Waals surface area contributed by atoms with E-state index in [1.807, 2.05) is 17.7 Å². The summed E-state index contributed by atoms with van der Waals surface area (Å²) in [5.74, 6) is -0.422. The minimum atomic E-state index is -0.422. The fourth-order valence-corrected chi connectivity index (χ4v) is 5.21. The maximum absolute atomic E-state index is 11.4. The number of thiazole rings is 1. The topological polar surface area (TPSA) is 56.0 Å². The lowest BCUT2D eigenvalue weighted by atomic mass is 10.2. The van der Waals surface area contributed by atoms with Crippen LogP contribution in [0.25, 0.3) is 21.8 Å². The molecule has 0 fully saturated rings. The highest BCUT2D eigenvalue weighted by molar-refractivity contribution is 8.00. The largest absolute Gasteiger partial charge is 0.365 e. The van der Waals surface area contributed by atoms with E-state index in [9.17, 15) is 4.79 Å². The Bertz CT molecular complexity index is 889. The van der Waals surface area contributed by atoms with Crippen molar-refractivity contribution in [2.75, 3.05) is 6.26 Å². The van der Waals surface area contributed by atoms with Crippen LogP contribution in [0.2, 0.25) is 10.0 Å². The van der Waals surface area contributed by atoms with Gasteiger partial charge in [0, 0.05) is 21.5 Å². The molecule has 0 aliphatic heterocycles. The molecule has 0 saturated carbocycles. The lowest BCUT2D eigenvalue weighted by molar-refractivity contribution is 0.100. The fourth-order valence-electron chi connectivity index (χ4n) is 2.01. The van der Waals surface area contributed by atoms with Crippen molar-refractivity contribution in [3.63, 3.8) is 0 Å². The summed E-state index contributed by atoms with van der Waals surface area (Å²) in [4.78, 5) is 16.6. The molecule has 2 aromatic heterocycles. The number of thiophene rings is 1. The Balaban J connectivity index is 2.04. The first-order chi connectivity index (χ1) is 11.0. The number of amides is 1. The number of rotatable bonds is 4. The third-order valence-electron chi connectivity index (χ3n) is 3.07. The predicted octanol–water partition coefficient (Wildman–Crippen LogP) is 5.67. The standard InChI is InChI=1S/C15H10Cl2N2OS3/c1-21-15-9(5-12(23-15)13(18)20)14-19-11(6-22-14)8-3-2-7(16)4-10(8)17/h2-6H,1H3,(H2,18,20). The first-order valence-corrected chi connectivity index (χ1v) is 10.1. The van der Waals surface area contributed by atoms with E-state index in [0.29, 0.717) is 14.9 Å². The number of nitrogens with zero attached hydrogens (tertiary/aromatic N) is 1. The minimum absolute atomic E-state index is 0.422. The molecule has 3 nitrogen and oxygen atoms in total. The molecule has 8 heteroatoms. The van der Waals surface area contributed by atoms with Crippen LogP contribution in [0, 0.1) is 0 Å². The number of carbonyl (C=O) groups is 1. The Morgan fingerprint density at radius 1 is 1.26 bits per heavy atom. The van der Waals surface area contributed by atoms with Gasteiger partial charge in [0.2, 0.25) is 0 Å². The van der Waals surface area contributed by atoms with Gasteiger partial charge in [-0.25, -0.2) is 4.98 Å². The zero-order chi connectivity index (χ0) is 16.6. The van der Waals surface area contributed by atoms with E-state index in [4.69, 9.17) is 28.9 Å². The van der Waals surface area contributed by atoms with Crippen LogP contribution >= 0.6 is 57.6 Å². The second-order valence-corrected chi connectivity index (χ2v) is 8.37. The third-order valence-corrected chi connectivity index (χ3v) is 6.78. The van der Waals surface area contributed by atoms with Gasteiger partial charge in [0.15, 0.2) is 0 Å². The van der Waals surface area contributed by atoms with E-state index >= 15 is 0 Å². The summed E-state index contributed by atoms with van der Waals surface area (Å²) in [7, 11) is 0. The molecular weight excluding hydrogens is 391 g/mol. The number of thioether (sulfide) groups is 1. The quantitative estimate of drug-likeness (QED) is 0.574. The Labute approximate surface area is 155 Å². The predicted molar refractivity (Wildman–Crippen MR) is 101 cm³/mol. The van der Waals surface area contributed by atoms with Crippen molar-refractivity contribution in [2.45, 2.75) is 4.21 Å². The summed E-state index contributed by atoms with van der Waals surface area (Å²) < 4.78 is 1.02. The van der Waals surface area contributed by atoms with Gasteiger partial charge in [-0.05, 0) is 30.5 Å². The third kappa shape index (κ3) is 3.41. The van der Waals surface area contributed by atoms with Crippen molar-refractivity contribution < 1.29 is 4.79 Å². The molecule has 0 atom stereocenters. The highest BCUT2D eigenvalue weighted by atomic mass is 35.5. The normalized spacial score (nSPS) is 10.9. The zero-order valence-electron chi connectivity index (χ0n) is 11.8. The van der Waals surface area contributed by atoms with Crippen molar-refractivity contribution >= 4 is 63.5 Å². The second-order valence-electron chi connectivity index (χ2n) is 4.54. The van der Waals surface area contributed by atoms with Crippen molar-refractivity contribution in [1.82, 2.24) is 4.98 Å². The molecule has 23 heavy (non-hydrogen) atoms. The molecule has 1 aromatic carbocycles. The van der Waals surface area contributed by atoms with Gasteiger partial charge in [0.25, 0.3) is 5.91 Å². The molecule has 2 N–H and O–H groups in total. The van der Waals surface area contributed by atoms with E-state index in [0.717, 1.165) is 26.0 Å². The van der Waals surface area contributed by atoms with Gasteiger partial charge in [0.1, 0.15) is 5.01 Å². The number of benzene rings is 1. The molecule has 0 aliphatic carbocycles. The number of hydrogen-bond acceptors (Lipinski definition) is 5. The van der Waals surface area contributed by atoms with Crippen LogP contribution < -0.4 is 5.73 Å². The van der Waals surface area contributed by atoms with Gasteiger partial charge >= 0.3 is 0 Å².